The van der Waals surface area contributed by atoms with Crippen molar-refractivity contribution >= 4 is 23.2 Å². The van der Waals surface area contributed by atoms with Gasteiger partial charge in [-0.05, 0) is 26.7 Å². The van der Waals surface area contributed by atoms with Crippen LogP contribution in [0.5, 0.6) is 0 Å². The van der Waals surface area contributed by atoms with Crippen LogP contribution < -0.4 is 4.80 Å². The molecule has 6 heteroatoms. The monoisotopic (exact) mass is 268 g/mol. The lowest BCUT2D eigenvalue weighted by atomic mass is 10.4. The van der Waals surface area contributed by atoms with Crippen LogP contribution in [0.4, 0.5) is 0 Å². The maximum atomic E-state index is 11.7. The van der Waals surface area contributed by atoms with E-state index < -0.39 is 0 Å². The van der Waals surface area contributed by atoms with Gasteiger partial charge in [-0.3, -0.25) is 4.79 Å². The highest BCUT2D eigenvalue weighted by Crippen LogP contribution is 2.29. The molecule has 0 saturated heterocycles. The van der Waals surface area contributed by atoms with E-state index in [-0.39, 0.29) is 17.8 Å². The molecular formula is C12H16N2O3S. The summed E-state index contributed by atoms with van der Waals surface area (Å²) in [4.78, 5) is 28.5. The Morgan fingerprint density at radius 2 is 2.17 bits per heavy atom. The molecule has 0 radical (unpaired) electrons. The molecule has 98 valence electrons. The lowest BCUT2D eigenvalue weighted by molar-refractivity contribution is -0.119. The van der Waals surface area contributed by atoms with E-state index in [1.807, 2.05) is 6.92 Å². The fourth-order valence-corrected chi connectivity index (χ4v) is 2.55. The number of esters is 1. The predicted molar refractivity (Wildman–Crippen MR) is 67.3 cm³/mol. The van der Waals surface area contributed by atoms with Crippen molar-refractivity contribution in [3.63, 3.8) is 0 Å². The third-order valence-electron chi connectivity index (χ3n) is 2.91. The molecule has 1 saturated carbocycles. The van der Waals surface area contributed by atoms with Crippen molar-refractivity contribution in [3.8, 4) is 0 Å². The van der Waals surface area contributed by atoms with Gasteiger partial charge in [-0.2, -0.15) is 4.99 Å². The molecule has 0 spiro atoms. The molecule has 0 unspecified atom stereocenters. The summed E-state index contributed by atoms with van der Waals surface area (Å²) in [5.74, 6) is -0.336. The second-order valence-corrected chi connectivity index (χ2v) is 5.28. The van der Waals surface area contributed by atoms with Gasteiger partial charge in [-0.15, -0.1) is 0 Å². The predicted octanol–water partition coefficient (Wildman–Crippen LogP) is 1.41. The van der Waals surface area contributed by atoms with Gasteiger partial charge in [-0.25, -0.2) is 4.79 Å². The summed E-state index contributed by atoms with van der Waals surface area (Å²) in [5.41, 5.74) is 0.779. The van der Waals surface area contributed by atoms with E-state index in [0.717, 1.165) is 18.5 Å². The lowest BCUT2D eigenvalue weighted by Crippen LogP contribution is -2.15. The molecule has 0 atom stereocenters. The first-order valence-electron chi connectivity index (χ1n) is 5.96. The summed E-state index contributed by atoms with van der Waals surface area (Å²) in [6, 6.07) is 0. The van der Waals surface area contributed by atoms with Crippen LogP contribution in [0.15, 0.2) is 4.99 Å². The van der Waals surface area contributed by atoms with E-state index >= 15 is 0 Å². The zero-order valence-electron chi connectivity index (χ0n) is 10.7. The van der Waals surface area contributed by atoms with Gasteiger partial charge in [0.15, 0.2) is 4.80 Å². The number of hydrogen-bond acceptors (Lipinski definition) is 4. The van der Waals surface area contributed by atoms with E-state index in [4.69, 9.17) is 4.74 Å². The molecular weight excluding hydrogens is 252 g/mol. The number of thiazole rings is 1. The highest BCUT2D eigenvalue weighted by Gasteiger charge is 2.29. The Morgan fingerprint density at radius 3 is 2.72 bits per heavy atom. The normalized spacial score (nSPS) is 15.8. The summed E-state index contributed by atoms with van der Waals surface area (Å²) in [7, 11) is 1.80. The third kappa shape index (κ3) is 2.53. The number of hydrogen-bond donors (Lipinski definition) is 0. The Labute approximate surface area is 109 Å². The average molecular weight is 268 g/mol. The maximum Gasteiger partial charge on any atom is 0.350 e. The quantitative estimate of drug-likeness (QED) is 0.779. The molecule has 1 aromatic heterocycles. The molecule has 0 aromatic carbocycles. The number of carbonyl (C=O) groups is 2. The van der Waals surface area contributed by atoms with Crippen molar-refractivity contribution in [2.75, 3.05) is 6.61 Å². The molecule has 1 fully saturated rings. The number of carbonyl (C=O) groups excluding carboxylic acids is 2. The molecule has 1 amide bonds. The molecule has 2 rings (SSSR count). The van der Waals surface area contributed by atoms with E-state index in [9.17, 15) is 9.59 Å². The fourth-order valence-electron chi connectivity index (χ4n) is 1.53. The molecule has 1 heterocycles. The van der Waals surface area contributed by atoms with Gasteiger partial charge in [0.25, 0.3) is 5.91 Å². The molecule has 0 aliphatic heterocycles. The minimum Gasteiger partial charge on any atom is -0.462 e. The van der Waals surface area contributed by atoms with Gasteiger partial charge in [-0.1, -0.05) is 11.3 Å². The van der Waals surface area contributed by atoms with Crippen molar-refractivity contribution in [1.82, 2.24) is 4.57 Å². The van der Waals surface area contributed by atoms with Gasteiger partial charge in [0, 0.05) is 18.7 Å². The summed E-state index contributed by atoms with van der Waals surface area (Å²) in [5, 5.41) is 0. The largest absolute Gasteiger partial charge is 0.462 e. The SMILES string of the molecule is CCOC(=O)c1sc(=NC(=O)C2CC2)n(C)c1C. The van der Waals surface area contributed by atoms with Crippen LogP contribution in [-0.2, 0) is 16.6 Å². The number of aromatic nitrogens is 1. The second kappa shape index (κ2) is 5.06. The van der Waals surface area contributed by atoms with Gasteiger partial charge >= 0.3 is 5.97 Å². The molecule has 18 heavy (non-hydrogen) atoms. The zero-order chi connectivity index (χ0) is 13.3. The van der Waals surface area contributed by atoms with E-state index in [1.165, 1.54) is 11.3 Å². The van der Waals surface area contributed by atoms with E-state index in [2.05, 4.69) is 4.99 Å². The number of nitrogens with zero attached hydrogens (tertiary/aromatic N) is 2. The van der Waals surface area contributed by atoms with E-state index in [0.29, 0.717) is 16.3 Å². The lowest BCUT2D eigenvalue weighted by Gasteiger charge is -2.00. The fraction of sp³-hybridized carbons (Fsp3) is 0.583. The first-order valence-corrected chi connectivity index (χ1v) is 6.78. The zero-order valence-corrected chi connectivity index (χ0v) is 11.5. The van der Waals surface area contributed by atoms with Crippen LogP contribution in [0, 0.1) is 12.8 Å². The Hall–Kier alpha value is -1.43. The van der Waals surface area contributed by atoms with E-state index in [1.54, 1.807) is 18.5 Å². The number of rotatable bonds is 3. The summed E-state index contributed by atoms with van der Waals surface area (Å²) in [6.07, 6.45) is 1.86. The Bertz CT molecular complexity index is 552. The third-order valence-corrected chi connectivity index (χ3v) is 4.12. The molecule has 5 nitrogen and oxygen atoms in total. The van der Waals surface area contributed by atoms with Crippen LogP contribution in [0.2, 0.25) is 0 Å². The van der Waals surface area contributed by atoms with Crippen LogP contribution in [0.1, 0.15) is 35.1 Å². The van der Waals surface area contributed by atoms with Gasteiger partial charge in [0.2, 0.25) is 0 Å². The Kier molecular flexibility index (Phi) is 3.65. The minimum atomic E-state index is -0.351. The van der Waals surface area contributed by atoms with Gasteiger partial charge in [0.1, 0.15) is 4.88 Å². The highest BCUT2D eigenvalue weighted by atomic mass is 32.1. The second-order valence-electron chi connectivity index (χ2n) is 4.30. The average Bonchev–Trinajstić information content (AvgIpc) is 3.13. The maximum absolute atomic E-state index is 11.7. The van der Waals surface area contributed by atoms with Crippen molar-refractivity contribution in [2.45, 2.75) is 26.7 Å². The summed E-state index contributed by atoms with van der Waals surface area (Å²) < 4.78 is 6.73. The summed E-state index contributed by atoms with van der Waals surface area (Å²) in [6.45, 7) is 3.93. The molecule has 0 bridgehead atoms. The van der Waals surface area contributed by atoms with Crippen molar-refractivity contribution in [1.29, 1.82) is 0 Å². The highest BCUT2D eigenvalue weighted by molar-refractivity contribution is 7.11. The van der Waals surface area contributed by atoms with Gasteiger partial charge < -0.3 is 9.30 Å². The number of ether oxygens (including phenoxy) is 1. The standard InChI is InChI=1S/C12H16N2O3S/c1-4-17-11(16)9-7(2)14(3)12(18-9)13-10(15)8-5-6-8/h8H,4-6H2,1-3H3. The first-order chi connectivity index (χ1) is 8.54. The minimum absolute atomic E-state index is 0.0812. The smallest absolute Gasteiger partial charge is 0.350 e. The molecule has 1 aliphatic carbocycles. The molecule has 1 aromatic rings. The van der Waals surface area contributed by atoms with Crippen LogP contribution >= 0.6 is 11.3 Å². The summed E-state index contributed by atoms with van der Waals surface area (Å²) >= 11 is 1.21. The molecule has 1 aliphatic rings. The Balaban J connectivity index is 2.35. The van der Waals surface area contributed by atoms with Crippen molar-refractivity contribution < 1.29 is 14.3 Å². The Morgan fingerprint density at radius 1 is 1.50 bits per heavy atom. The van der Waals surface area contributed by atoms with Crippen molar-refractivity contribution in [3.05, 3.63) is 15.4 Å². The van der Waals surface area contributed by atoms with Crippen LogP contribution in [0.25, 0.3) is 0 Å². The number of amides is 1. The molecule has 0 N–H and O–H groups in total. The van der Waals surface area contributed by atoms with Gasteiger partial charge in [0.05, 0.1) is 6.61 Å². The van der Waals surface area contributed by atoms with Crippen LogP contribution in [0.3, 0.4) is 0 Å². The van der Waals surface area contributed by atoms with Crippen LogP contribution in [-0.4, -0.2) is 23.1 Å². The topological polar surface area (TPSA) is 60.7 Å². The first kappa shape index (κ1) is 13.0. The van der Waals surface area contributed by atoms with Crippen molar-refractivity contribution in [2.24, 2.45) is 18.0 Å².